The van der Waals surface area contributed by atoms with Crippen LogP contribution in [0.15, 0.2) is 0 Å². The number of carboxylic acids is 1. The largest absolute Gasteiger partial charge is 0.481 e. The first-order valence-electron chi connectivity index (χ1n) is 5.97. The average Bonchev–Trinajstić information content (AvgIpc) is 2.51. The molecule has 6 N–H and O–H groups in total. The lowest BCUT2D eigenvalue weighted by atomic mass is 10.2. The minimum atomic E-state index is -0.829. The number of alkyl halides is 3. The molecule has 0 aliphatic heterocycles. The zero-order valence-corrected chi connectivity index (χ0v) is 16.4. The van der Waals surface area contributed by atoms with Crippen molar-refractivity contribution < 1.29 is 19.5 Å². The molecule has 0 aliphatic rings. The molecule has 0 saturated heterocycles. The van der Waals surface area contributed by atoms with Crippen LogP contribution in [0.4, 0.5) is 0 Å². The van der Waals surface area contributed by atoms with Crippen molar-refractivity contribution in [3.8, 4) is 0 Å². The topological polar surface area (TPSA) is 136 Å². The van der Waals surface area contributed by atoms with Crippen LogP contribution in [0.2, 0.25) is 0 Å². The Hall–Kier alpha value is -0.0300. The van der Waals surface area contributed by atoms with Crippen molar-refractivity contribution in [3.63, 3.8) is 0 Å². The van der Waals surface area contributed by atoms with E-state index in [0.29, 0.717) is 43.1 Å². The van der Waals surface area contributed by atoms with Gasteiger partial charge in [0, 0.05) is 26.1 Å². The Balaban J connectivity index is -0.000000297. The van der Waals surface area contributed by atoms with Crippen molar-refractivity contribution in [2.75, 3.05) is 35.6 Å². The number of carbonyl (C=O) groups is 3. The van der Waals surface area contributed by atoms with Gasteiger partial charge >= 0.3 is 5.97 Å². The Morgan fingerprint density at radius 3 is 1.71 bits per heavy atom. The van der Waals surface area contributed by atoms with Gasteiger partial charge in [-0.25, -0.2) is 0 Å². The van der Waals surface area contributed by atoms with Gasteiger partial charge in [-0.1, -0.05) is 47.8 Å². The SMILES string of the molecule is NCCN.O=C(CBr)CCCNC(=O)CBr.O=C(O)CBr. The van der Waals surface area contributed by atoms with Gasteiger partial charge in [0.05, 0.1) is 10.7 Å². The summed E-state index contributed by atoms with van der Waals surface area (Å²) in [4.78, 5) is 30.8. The molecular weight excluding hydrogens is 478 g/mol. The first kappa shape index (κ1) is 25.9. The van der Waals surface area contributed by atoms with Gasteiger partial charge in [0.15, 0.2) is 0 Å². The molecule has 0 radical (unpaired) electrons. The average molecular weight is 500 g/mol. The molecule has 0 saturated carbocycles. The van der Waals surface area contributed by atoms with Gasteiger partial charge < -0.3 is 21.9 Å². The number of aliphatic carboxylic acids is 1. The summed E-state index contributed by atoms with van der Waals surface area (Å²) in [6.45, 7) is 1.77. The molecule has 0 bridgehead atoms. The van der Waals surface area contributed by atoms with Crippen molar-refractivity contribution in [1.82, 2.24) is 5.32 Å². The van der Waals surface area contributed by atoms with Crippen molar-refractivity contribution in [2.45, 2.75) is 12.8 Å². The molecular formula is C11H22Br3N3O4. The number of hydrogen-bond acceptors (Lipinski definition) is 5. The fourth-order valence-electron chi connectivity index (χ4n) is 0.627. The van der Waals surface area contributed by atoms with Crippen LogP contribution >= 0.6 is 47.8 Å². The predicted octanol–water partition coefficient (Wildman–Crippen LogP) is 0.611. The van der Waals surface area contributed by atoms with E-state index in [9.17, 15) is 14.4 Å². The molecule has 0 heterocycles. The Labute approximate surface area is 150 Å². The highest BCUT2D eigenvalue weighted by Gasteiger charge is 2.00. The lowest BCUT2D eigenvalue weighted by molar-refractivity contribution is -0.133. The van der Waals surface area contributed by atoms with Gasteiger partial charge in [-0.3, -0.25) is 14.4 Å². The van der Waals surface area contributed by atoms with Crippen LogP contribution in [0, 0.1) is 0 Å². The predicted molar refractivity (Wildman–Crippen MR) is 94.4 cm³/mol. The molecule has 21 heavy (non-hydrogen) atoms. The first-order chi connectivity index (χ1) is 9.89. The molecule has 0 rings (SSSR count). The molecule has 0 aromatic rings. The number of carboxylic acid groups (broad SMARTS) is 1. The summed E-state index contributed by atoms with van der Waals surface area (Å²) in [5.74, 6) is -0.700. The minimum absolute atomic E-state index is 0.0347. The molecule has 0 aliphatic carbocycles. The summed E-state index contributed by atoms with van der Waals surface area (Å²) in [7, 11) is 0. The van der Waals surface area contributed by atoms with Gasteiger partial charge in [0.1, 0.15) is 11.1 Å². The summed E-state index contributed by atoms with van der Waals surface area (Å²) < 4.78 is 0. The van der Waals surface area contributed by atoms with E-state index in [-0.39, 0.29) is 17.0 Å². The minimum Gasteiger partial charge on any atom is -0.481 e. The second-order valence-corrected chi connectivity index (χ2v) is 5.05. The number of ketones is 1. The molecule has 7 nitrogen and oxygen atoms in total. The van der Waals surface area contributed by atoms with Crippen molar-refractivity contribution in [2.24, 2.45) is 11.5 Å². The summed E-state index contributed by atoms with van der Waals surface area (Å²) in [5, 5.41) is 11.1. The van der Waals surface area contributed by atoms with E-state index in [2.05, 4.69) is 53.1 Å². The lowest BCUT2D eigenvalue weighted by Crippen LogP contribution is -2.25. The highest BCUT2D eigenvalue weighted by molar-refractivity contribution is 9.09. The quantitative estimate of drug-likeness (QED) is 0.285. The van der Waals surface area contributed by atoms with Crippen molar-refractivity contribution >= 4 is 65.4 Å². The maximum absolute atomic E-state index is 10.8. The molecule has 0 spiro atoms. The van der Waals surface area contributed by atoms with Crippen LogP contribution in [0.5, 0.6) is 0 Å². The zero-order valence-electron chi connectivity index (χ0n) is 11.6. The molecule has 0 aromatic heterocycles. The number of halogens is 3. The standard InChI is InChI=1S/C7H11Br2NO2.C2H3BrO2.C2H8N2/c8-4-6(11)2-1-3-10-7(12)5-9;3-1-2(4)5;3-1-2-4/h1-5H2,(H,10,12);1H2,(H,4,5);1-4H2. The fraction of sp³-hybridized carbons (Fsp3) is 0.727. The van der Waals surface area contributed by atoms with Crippen LogP contribution in [0.25, 0.3) is 0 Å². The van der Waals surface area contributed by atoms with E-state index in [1.54, 1.807) is 0 Å². The normalized spacial score (nSPS) is 8.62. The van der Waals surface area contributed by atoms with Gasteiger partial charge in [-0.2, -0.15) is 0 Å². The second-order valence-electron chi connectivity index (χ2n) is 3.36. The van der Waals surface area contributed by atoms with E-state index in [1.807, 2.05) is 0 Å². The van der Waals surface area contributed by atoms with Crippen LogP contribution in [-0.4, -0.2) is 58.4 Å². The van der Waals surface area contributed by atoms with Crippen LogP contribution in [0.1, 0.15) is 12.8 Å². The Kier molecular flexibility index (Phi) is 27.4. The fourth-order valence-corrected chi connectivity index (χ4v) is 1.11. The smallest absolute Gasteiger partial charge is 0.314 e. The van der Waals surface area contributed by atoms with Crippen LogP contribution in [0.3, 0.4) is 0 Å². The monoisotopic (exact) mass is 497 g/mol. The van der Waals surface area contributed by atoms with E-state index in [1.165, 1.54) is 0 Å². The lowest BCUT2D eigenvalue weighted by Gasteiger charge is -2.00. The number of rotatable bonds is 8. The molecule has 10 heteroatoms. The summed E-state index contributed by atoms with van der Waals surface area (Å²) in [6.07, 6.45) is 1.23. The van der Waals surface area contributed by atoms with Gasteiger partial charge in [-0.15, -0.1) is 0 Å². The van der Waals surface area contributed by atoms with Gasteiger partial charge in [0.25, 0.3) is 0 Å². The molecule has 126 valence electrons. The highest BCUT2D eigenvalue weighted by Crippen LogP contribution is 1.93. The second kappa shape index (κ2) is 22.3. The maximum atomic E-state index is 10.8. The number of Topliss-reactive ketones (excluding diaryl/α,β-unsaturated/α-hetero) is 1. The molecule has 0 aromatic carbocycles. The molecule has 0 unspecified atom stereocenters. The van der Waals surface area contributed by atoms with Gasteiger partial charge in [0.2, 0.25) is 5.91 Å². The summed E-state index contributed by atoms with van der Waals surface area (Å²) >= 11 is 8.80. The third-order valence-electron chi connectivity index (χ3n) is 1.51. The Morgan fingerprint density at radius 1 is 0.952 bits per heavy atom. The van der Waals surface area contributed by atoms with Crippen LogP contribution < -0.4 is 16.8 Å². The van der Waals surface area contributed by atoms with Crippen molar-refractivity contribution in [3.05, 3.63) is 0 Å². The number of nitrogens with two attached hydrogens (primary N) is 2. The van der Waals surface area contributed by atoms with E-state index in [0.717, 1.165) is 0 Å². The number of nitrogens with one attached hydrogen (secondary N) is 1. The third kappa shape index (κ3) is 33.0. The van der Waals surface area contributed by atoms with Crippen LogP contribution in [-0.2, 0) is 14.4 Å². The molecule has 1 amide bonds. The van der Waals surface area contributed by atoms with Gasteiger partial charge in [-0.05, 0) is 6.42 Å². The Bertz CT molecular complexity index is 261. The maximum Gasteiger partial charge on any atom is 0.314 e. The van der Waals surface area contributed by atoms with E-state index in [4.69, 9.17) is 16.6 Å². The van der Waals surface area contributed by atoms with E-state index < -0.39 is 5.97 Å². The summed E-state index contributed by atoms with van der Waals surface area (Å²) in [6, 6.07) is 0. The highest BCUT2D eigenvalue weighted by atomic mass is 79.9. The first-order valence-corrected chi connectivity index (χ1v) is 9.34. The number of carbonyl (C=O) groups excluding carboxylic acids is 2. The third-order valence-corrected chi connectivity index (χ3v) is 3.12. The van der Waals surface area contributed by atoms with E-state index >= 15 is 0 Å². The molecule has 0 atom stereocenters. The zero-order chi connectivity index (χ0) is 17.1. The number of amides is 1. The summed E-state index contributed by atoms with van der Waals surface area (Å²) in [5.41, 5.74) is 9.81. The van der Waals surface area contributed by atoms with Crippen molar-refractivity contribution in [1.29, 1.82) is 0 Å². The number of hydrogen-bond donors (Lipinski definition) is 4. The Morgan fingerprint density at radius 2 is 1.43 bits per heavy atom. The molecule has 0 fully saturated rings.